The number of hydrogen-bond acceptors (Lipinski definition) is 3. The maximum absolute atomic E-state index is 12.1. The lowest BCUT2D eigenvalue weighted by molar-refractivity contribution is 0.255. The summed E-state index contributed by atoms with van der Waals surface area (Å²) in [5, 5.41) is 3.14. The van der Waals surface area contributed by atoms with Gasteiger partial charge in [0, 0.05) is 15.4 Å². The lowest BCUT2D eigenvalue weighted by atomic mass is 10.0. The topological polar surface area (TPSA) is 71.2 Å². The van der Waals surface area contributed by atoms with E-state index in [-0.39, 0.29) is 0 Å². The molecule has 0 radical (unpaired) electrons. The van der Waals surface area contributed by atoms with E-state index in [0.29, 0.717) is 21.6 Å². The third-order valence-corrected chi connectivity index (χ3v) is 4.54. The third-order valence-electron chi connectivity index (χ3n) is 4.11. The van der Waals surface area contributed by atoms with E-state index in [4.69, 9.17) is 28.9 Å². The maximum Gasteiger partial charge on any atom is 0.339 e. The van der Waals surface area contributed by atoms with Crippen LogP contribution in [-0.4, -0.2) is 11.0 Å². The van der Waals surface area contributed by atoms with Crippen LogP contribution in [0.1, 0.15) is 16.7 Å². The molecule has 0 aliphatic rings. The number of primary amides is 1. The second-order valence-corrected chi connectivity index (χ2v) is 7.04. The van der Waals surface area contributed by atoms with Crippen molar-refractivity contribution in [1.82, 2.24) is 4.98 Å². The highest BCUT2D eigenvalue weighted by Gasteiger charge is 2.17. The first-order chi connectivity index (χ1) is 12.3. The number of urea groups is 1. The fraction of sp³-hybridized carbons (Fsp3) is 0.158. The van der Waals surface area contributed by atoms with E-state index in [1.165, 1.54) is 5.01 Å². The van der Waals surface area contributed by atoms with Gasteiger partial charge in [0.1, 0.15) is 0 Å². The van der Waals surface area contributed by atoms with Gasteiger partial charge in [-0.2, -0.15) is 5.01 Å². The van der Waals surface area contributed by atoms with E-state index >= 15 is 0 Å². The molecule has 0 fully saturated rings. The van der Waals surface area contributed by atoms with Crippen molar-refractivity contribution in [2.45, 2.75) is 20.8 Å². The van der Waals surface area contributed by atoms with Gasteiger partial charge < -0.3 is 5.73 Å². The highest BCUT2D eigenvalue weighted by Crippen LogP contribution is 2.29. The molecular formula is C19H18Cl2N4O. The number of aromatic nitrogens is 1. The third kappa shape index (κ3) is 3.54. The molecule has 1 aromatic heterocycles. The first-order valence-electron chi connectivity index (χ1n) is 7.96. The van der Waals surface area contributed by atoms with Crippen molar-refractivity contribution in [3.8, 4) is 0 Å². The normalized spacial score (nSPS) is 10.8. The Labute approximate surface area is 161 Å². The molecule has 0 unspecified atom stereocenters. The van der Waals surface area contributed by atoms with Gasteiger partial charge >= 0.3 is 6.03 Å². The van der Waals surface area contributed by atoms with Crippen molar-refractivity contribution in [2.75, 3.05) is 10.4 Å². The zero-order chi connectivity index (χ0) is 19.0. The summed E-state index contributed by atoms with van der Waals surface area (Å²) in [7, 11) is 0. The van der Waals surface area contributed by atoms with Gasteiger partial charge in [-0.3, -0.25) is 5.43 Å². The van der Waals surface area contributed by atoms with Gasteiger partial charge in [-0.1, -0.05) is 35.3 Å². The predicted octanol–water partition coefficient (Wildman–Crippen LogP) is 5.38. The molecule has 0 saturated carbocycles. The summed E-state index contributed by atoms with van der Waals surface area (Å²) in [5.41, 5.74) is 13.0. The van der Waals surface area contributed by atoms with Crippen molar-refractivity contribution >= 4 is 51.6 Å². The molecule has 1 heterocycles. The minimum atomic E-state index is -0.697. The quantitative estimate of drug-likeness (QED) is 0.591. The first kappa shape index (κ1) is 18.3. The number of halogens is 2. The molecule has 0 spiro atoms. The van der Waals surface area contributed by atoms with Crippen molar-refractivity contribution in [3.63, 3.8) is 0 Å². The average molecular weight is 389 g/mol. The van der Waals surface area contributed by atoms with Crippen molar-refractivity contribution in [3.05, 3.63) is 63.1 Å². The standard InChI is InChI=1S/C19H18Cl2N4O/c1-10-4-5-11(2)18-17(10)12(3)6-16(23-18)25(19(22)26)24-15-8-13(20)7-14(21)9-15/h4-9,24H,1-3H3,(H2,22,26). The van der Waals surface area contributed by atoms with Crippen LogP contribution in [0.4, 0.5) is 16.3 Å². The molecule has 3 rings (SSSR count). The van der Waals surface area contributed by atoms with Crippen LogP contribution in [0.15, 0.2) is 36.4 Å². The SMILES string of the molecule is Cc1ccc(C)c2c(C)cc(N(Nc3cc(Cl)cc(Cl)c3)C(N)=O)nc12. The van der Waals surface area contributed by atoms with E-state index < -0.39 is 6.03 Å². The molecule has 5 nitrogen and oxygen atoms in total. The van der Waals surface area contributed by atoms with Gasteiger partial charge in [-0.05, 0) is 61.7 Å². The van der Waals surface area contributed by atoms with E-state index in [1.54, 1.807) is 18.2 Å². The fourth-order valence-corrected chi connectivity index (χ4v) is 3.46. The smallest absolute Gasteiger partial charge is 0.339 e. The minimum absolute atomic E-state index is 0.396. The van der Waals surface area contributed by atoms with Crippen molar-refractivity contribution in [1.29, 1.82) is 0 Å². The summed E-state index contributed by atoms with van der Waals surface area (Å²) in [6.07, 6.45) is 0. The van der Waals surface area contributed by atoms with E-state index in [2.05, 4.69) is 16.5 Å². The molecule has 26 heavy (non-hydrogen) atoms. The minimum Gasteiger partial charge on any atom is -0.350 e. The Morgan fingerprint density at radius 1 is 1.00 bits per heavy atom. The number of hydrazine groups is 1. The number of nitrogens with two attached hydrogens (primary N) is 1. The van der Waals surface area contributed by atoms with E-state index in [9.17, 15) is 4.79 Å². The number of rotatable bonds is 3. The first-order valence-corrected chi connectivity index (χ1v) is 8.71. The molecule has 0 aliphatic carbocycles. The highest BCUT2D eigenvalue weighted by molar-refractivity contribution is 6.35. The van der Waals surface area contributed by atoms with Crippen LogP contribution in [0.5, 0.6) is 0 Å². The number of nitrogens with zero attached hydrogens (tertiary/aromatic N) is 2. The van der Waals surface area contributed by atoms with Crippen LogP contribution in [0.25, 0.3) is 10.9 Å². The molecule has 2 amide bonds. The zero-order valence-electron chi connectivity index (χ0n) is 14.6. The number of benzene rings is 2. The van der Waals surface area contributed by atoms with Crippen molar-refractivity contribution < 1.29 is 4.79 Å². The molecule has 0 aliphatic heterocycles. The Kier molecular flexibility index (Phi) is 4.94. The Balaban J connectivity index is 2.11. The molecule has 0 saturated heterocycles. The summed E-state index contributed by atoms with van der Waals surface area (Å²) < 4.78 is 0. The summed E-state index contributed by atoms with van der Waals surface area (Å²) in [5.74, 6) is 0.396. The lowest BCUT2D eigenvalue weighted by Gasteiger charge is -2.23. The van der Waals surface area contributed by atoms with E-state index in [0.717, 1.165) is 27.6 Å². The maximum atomic E-state index is 12.1. The van der Waals surface area contributed by atoms with Gasteiger partial charge in [-0.15, -0.1) is 0 Å². The number of amides is 2. The van der Waals surface area contributed by atoms with Crippen molar-refractivity contribution in [2.24, 2.45) is 5.73 Å². The van der Waals surface area contributed by atoms with Gasteiger partial charge in [0.05, 0.1) is 11.2 Å². The summed E-state index contributed by atoms with van der Waals surface area (Å²) in [6.45, 7) is 6.00. The van der Waals surface area contributed by atoms with E-state index in [1.807, 2.05) is 32.9 Å². The molecular weight excluding hydrogens is 371 g/mol. The van der Waals surface area contributed by atoms with Gasteiger partial charge in [0.25, 0.3) is 0 Å². The molecule has 7 heteroatoms. The molecule has 0 bridgehead atoms. The highest BCUT2D eigenvalue weighted by atomic mass is 35.5. The van der Waals surface area contributed by atoms with Crippen LogP contribution in [0, 0.1) is 20.8 Å². The molecule has 3 N–H and O–H groups in total. The molecule has 134 valence electrons. The van der Waals surface area contributed by atoms with Crippen LogP contribution < -0.4 is 16.2 Å². The lowest BCUT2D eigenvalue weighted by Crippen LogP contribution is -2.41. The number of pyridine rings is 1. The van der Waals surface area contributed by atoms with Crippen LogP contribution in [0.2, 0.25) is 10.0 Å². The van der Waals surface area contributed by atoms with Gasteiger partial charge in [0.15, 0.2) is 5.82 Å². The molecule has 3 aromatic rings. The number of anilines is 2. The predicted molar refractivity (Wildman–Crippen MR) is 108 cm³/mol. The van der Waals surface area contributed by atoms with Crippen LogP contribution >= 0.6 is 23.2 Å². The zero-order valence-corrected chi connectivity index (χ0v) is 16.1. The van der Waals surface area contributed by atoms with Gasteiger partial charge in [-0.25, -0.2) is 9.78 Å². The van der Waals surface area contributed by atoms with Gasteiger partial charge in [0.2, 0.25) is 0 Å². The second kappa shape index (κ2) is 7.02. The van der Waals surface area contributed by atoms with Crippen LogP contribution in [0.3, 0.4) is 0 Å². The fourth-order valence-electron chi connectivity index (χ4n) is 2.94. The Bertz CT molecular complexity index is 1000. The number of fused-ring (bicyclic) bond motifs is 1. The molecule has 2 aromatic carbocycles. The number of aryl methyl sites for hydroxylation is 3. The Morgan fingerprint density at radius 2 is 1.62 bits per heavy atom. The monoisotopic (exact) mass is 388 g/mol. The number of nitrogens with one attached hydrogen (secondary N) is 1. The number of hydrogen-bond donors (Lipinski definition) is 2. The second-order valence-electron chi connectivity index (χ2n) is 6.16. The summed E-state index contributed by atoms with van der Waals surface area (Å²) >= 11 is 12.1. The average Bonchev–Trinajstić information content (AvgIpc) is 2.54. The Morgan fingerprint density at radius 3 is 2.23 bits per heavy atom. The summed E-state index contributed by atoms with van der Waals surface area (Å²) in [6, 6.07) is 10.1. The summed E-state index contributed by atoms with van der Waals surface area (Å²) in [4.78, 5) is 16.7. The number of carbonyl (C=O) groups excluding carboxylic acids is 1. The largest absolute Gasteiger partial charge is 0.350 e. The Hall–Kier alpha value is -2.50. The van der Waals surface area contributed by atoms with Crippen LogP contribution in [-0.2, 0) is 0 Å². The number of carbonyl (C=O) groups is 1. The molecule has 0 atom stereocenters.